The van der Waals surface area contributed by atoms with E-state index in [0.29, 0.717) is 21.4 Å². The molecule has 2 aromatic carbocycles. The number of carbonyl (C=O) groups excluding carboxylic acids is 1. The summed E-state index contributed by atoms with van der Waals surface area (Å²) in [6, 6.07) is 12.0. The van der Waals surface area contributed by atoms with Crippen molar-refractivity contribution >= 4 is 29.2 Å². The van der Waals surface area contributed by atoms with Crippen molar-refractivity contribution in [2.75, 3.05) is 0 Å². The van der Waals surface area contributed by atoms with Gasteiger partial charge >= 0.3 is 5.97 Å². The Bertz CT molecular complexity index is 592. The van der Waals surface area contributed by atoms with Crippen molar-refractivity contribution in [3.05, 3.63) is 63.6 Å². The minimum Gasteiger partial charge on any atom is -0.423 e. The van der Waals surface area contributed by atoms with Crippen LogP contribution in [0.2, 0.25) is 10.0 Å². The third kappa shape index (κ3) is 3.49. The van der Waals surface area contributed by atoms with Crippen LogP contribution in [-0.2, 0) is 6.42 Å². The van der Waals surface area contributed by atoms with Gasteiger partial charge in [0.05, 0.1) is 15.6 Å². The van der Waals surface area contributed by atoms with E-state index in [4.69, 9.17) is 27.9 Å². The molecule has 0 saturated carbocycles. The SMILES string of the molecule is CCc1ccc(C(=O)Oc2ccc(Cl)c(Cl)c2)cc1. The average Bonchev–Trinajstić information content (AvgIpc) is 2.43. The lowest BCUT2D eigenvalue weighted by atomic mass is 10.1. The molecule has 2 nitrogen and oxygen atoms in total. The molecule has 0 aliphatic rings. The van der Waals surface area contributed by atoms with Crippen LogP contribution < -0.4 is 4.74 Å². The second-order valence-corrected chi connectivity index (χ2v) is 4.83. The lowest BCUT2D eigenvalue weighted by Crippen LogP contribution is -2.08. The topological polar surface area (TPSA) is 26.3 Å². The van der Waals surface area contributed by atoms with Crippen LogP contribution in [0.15, 0.2) is 42.5 Å². The second-order valence-electron chi connectivity index (χ2n) is 4.02. The van der Waals surface area contributed by atoms with Gasteiger partial charge in [0.1, 0.15) is 5.75 Å². The van der Waals surface area contributed by atoms with Crippen LogP contribution in [0.25, 0.3) is 0 Å². The summed E-state index contributed by atoms with van der Waals surface area (Å²) >= 11 is 11.7. The van der Waals surface area contributed by atoms with E-state index in [9.17, 15) is 4.79 Å². The van der Waals surface area contributed by atoms with Crippen molar-refractivity contribution in [2.45, 2.75) is 13.3 Å². The first-order valence-corrected chi connectivity index (χ1v) is 6.62. The minimum absolute atomic E-state index is 0.355. The number of esters is 1. The van der Waals surface area contributed by atoms with Gasteiger partial charge in [-0.1, -0.05) is 42.3 Å². The molecule has 0 fully saturated rings. The van der Waals surface area contributed by atoms with Gasteiger partial charge in [-0.3, -0.25) is 0 Å². The minimum atomic E-state index is -0.416. The molecule has 2 aromatic rings. The van der Waals surface area contributed by atoms with Gasteiger partial charge in [-0.25, -0.2) is 4.79 Å². The van der Waals surface area contributed by atoms with Crippen molar-refractivity contribution in [1.29, 1.82) is 0 Å². The molecule has 0 unspecified atom stereocenters. The number of hydrogen-bond acceptors (Lipinski definition) is 2. The van der Waals surface area contributed by atoms with Gasteiger partial charge in [-0.15, -0.1) is 0 Å². The zero-order chi connectivity index (χ0) is 13.8. The standard InChI is InChI=1S/C15H12Cl2O2/c1-2-10-3-5-11(6-4-10)15(18)19-12-7-8-13(16)14(17)9-12/h3-9H,2H2,1H3. The van der Waals surface area contributed by atoms with Gasteiger partial charge in [0.15, 0.2) is 0 Å². The Labute approximate surface area is 121 Å². The fourth-order valence-electron chi connectivity index (χ4n) is 1.58. The highest BCUT2D eigenvalue weighted by atomic mass is 35.5. The lowest BCUT2D eigenvalue weighted by Gasteiger charge is -2.06. The summed E-state index contributed by atoms with van der Waals surface area (Å²) in [5.74, 6) is -0.0417. The first-order chi connectivity index (χ1) is 9.10. The maximum atomic E-state index is 11.9. The van der Waals surface area contributed by atoms with Crippen LogP contribution in [0.4, 0.5) is 0 Å². The number of halogens is 2. The molecule has 2 rings (SSSR count). The monoisotopic (exact) mass is 294 g/mol. The molecular formula is C15H12Cl2O2. The third-order valence-electron chi connectivity index (χ3n) is 2.70. The van der Waals surface area contributed by atoms with Crippen molar-refractivity contribution < 1.29 is 9.53 Å². The van der Waals surface area contributed by atoms with Crippen molar-refractivity contribution in [3.8, 4) is 5.75 Å². The van der Waals surface area contributed by atoms with Gasteiger partial charge in [-0.05, 0) is 36.2 Å². The molecule has 4 heteroatoms. The highest BCUT2D eigenvalue weighted by molar-refractivity contribution is 6.42. The fourth-order valence-corrected chi connectivity index (χ4v) is 1.87. The molecule has 0 radical (unpaired) electrons. The van der Waals surface area contributed by atoms with Gasteiger partial charge in [0.25, 0.3) is 0 Å². The van der Waals surface area contributed by atoms with Crippen molar-refractivity contribution in [2.24, 2.45) is 0 Å². The summed E-state index contributed by atoms with van der Waals surface area (Å²) in [4.78, 5) is 11.9. The molecule has 0 saturated heterocycles. The summed E-state index contributed by atoms with van der Waals surface area (Å²) in [7, 11) is 0. The predicted molar refractivity (Wildman–Crippen MR) is 77.2 cm³/mol. The van der Waals surface area contributed by atoms with Gasteiger partial charge in [0.2, 0.25) is 0 Å². The molecule has 0 atom stereocenters. The Morgan fingerprint density at radius 1 is 1.05 bits per heavy atom. The van der Waals surface area contributed by atoms with E-state index in [-0.39, 0.29) is 0 Å². The number of ether oxygens (including phenoxy) is 1. The number of carbonyl (C=O) groups is 1. The van der Waals surface area contributed by atoms with Crippen LogP contribution in [0, 0.1) is 0 Å². The Kier molecular flexibility index (Phi) is 4.46. The molecule has 0 bridgehead atoms. The molecule has 98 valence electrons. The van der Waals surface area contributed by atoms with E-state index in [1.165, 1.54) is 11.6 Å². The van der Waals surface area contributed by atoms with Crippen molar-refractivity contribution in [1.82, 2.24) is 0 Å². The smallest absolute Gasteiger partial charge is 0.343 e. The van der Waals surface area contributed by atoms with Crippen molar-refractivity contribution in [3.63, 3.8) is 0 Å². The fraction of sp³-hybridized carbons (Fsp3) is 0.133. The number of rotatable bonds is 3. The van der Waals surface area contributed by atoms with E-state index < -0.39 is 5.97 Å². The predicted octanol–water partition coefficient (Wildman–Crippen LogP) is 4.78. The van der Waals surface area contributed by atoms with Gasteiger partial charge in [-0.2, -0.15) is 0 Å². The number of hydrogen-bond donors (Lipinski definition) is 0. The summed E-state index contributed by atoms with van der Waals surface area (Å²) in [6.45, 7) is 2.06. The molecule has 0 aromatic heterocycles. The molecule has 0 heterocycles. The summed E-state index contributed by atoms with van der Waals surface area (Å²) < 4.78 is 5.23. The van der Waals surface area contributed by atoms with Gasteiger partial charge < -0.3 is 4.74 Å². The second kappa shape index (κ2) is 6.09. The van der Waals surface area contributed by atoms with Crippen LogP contribution in [-0.4, -0.2) is 5.97 Å². The molecule has 0 aliphatic carbocycles. The largest absolute Gasteiger partial charge is 0.423 e. The molecule has 0 aliphatic heterocycles. The van der Waals surface area contributed by atoms with Crippen LogP contribution in [0.3, 0.4) is 0 Å². The molecule has 0 spiro atoms. The Morgan fingerprint density at radius 3 is 2.32 bits per heavy atom. The normalized spacial score (nSPS) is 10.3. The van der Waals surface area contributed by atoms with E-state index >= 15 is 0 Å². The highest BCUT2D eigenvalue weighted by Crippen LogP contribution is 2.26. The molecule has 19 heavy (non-hydrogen) atoms. The third-order valence-corrected chi connectivity index (χ3v) is 3.44. The maximum absolute atomic E-state index is 11.9. The van der Waals surface area contributed by atoms with E-state index in [0.717, 1.165) is 6.42 Å². The number of aryl methyl sites for hydroxylation is 1. The Balaban J connectivity index is 2.13. The molecule has 0 amide bonds. The summed E-state index contributed by atoms with van der Waals surface area (Å²) in [5, 5.41) is 0.780. The molecular weight excluding hydrogens is 283 g/mol. The zero-order valence-electron chi connectivity index (χ0n) is 10.3. The quantitative estimate of drug-likeness (QED) is 0.602. The van der Waals surface area contributed by atoms with Gasteiger partial charge in [0, 0.05) is 6.07 Å². The summed E-state index contributed by atoms with van der Waals surface area (Å²) in [5.41, 5.74) is 1.68. The maximum Gasteiger partial charge on any atom is 0.343 e. The lowest BCUT2D eigenvalue weighted by molar-refractivity contribution is 0.0735. The average molecular weight is 295 g/mol. The highest BCUT2D eigenvalue weighted by Gasteiger charge is 2.09. The first-order valence-electron chi connectivity index (χ1n) is 5.86. The van der Waals surface area contributed by atoms with E-state index in [2.05, 4.69) is 6.92 Å². The first kappa shape index (κ1) is 13.9. The van der Waals surface area contributed by atoms with Crippen LogP contribution >= 0.6 is 23.2 Å². The number of benzene rings is 2. The van der Waals surface area contributed by atoms with E-state index in [1.54, 1.807) is 24.3 Å². The Morgan fingerprint density at radius 2 is 1.74 bits per heavy atom. The van der Waals surface area contributed by atoms with Crippen LogP contribution in [0.5, 0.6) is 5.75 Å². The zero-order valence-corrected chi connectivity index (χ0v) is 11.8. The van der Waals surface area contributed by atoms with Crippen LogP contribution in [0.1, 0.15) is 22.8 Å². The molecule has 0 N–H and O–H groups in total. The summed E-state index contributed by atoms with van der Waals surface area (Å²) in [6.07, 6.45) is 0.933. The van der Waals surface area contributed by atoms with E-state index in [1.807, 2.05) is 12.1 Å². The Hall–Kier alpha value is -1.51.